The first-order valence-electron chi connectivity index (χ1n) is 9.99. The third kappa shape index (κ3) is 4.00. The van der Waals surface area contributed by atoms with Gasteiger partial charge in [0.2, 0.25) is 0 Å². The van der Waals surface area contributed by atoms with Gasteiger partial charge in [-0.15, -0.1) is 8.78 Å². The number of anilines is 1. The Bertz CT molecular complexity index is 1350. The van der Waals surface area contributed by atoms with Crippen LogP contribution in [0.4, 0.5) is 14.6 Å². The molecule has 2 aromatic carbocycles. The second-order valence-corrected chi connectivity index (χ2v) is 7.47. The molecule has 166 valence electrons. The molecule has 9 heteroatoms. The minimum absolute atomic E-state index is 0.0385. The molecular weight excluding hydrogens is 432 g/mol. The van der Waals surface area contributed by atoms with Crippen LogP contribution in [0.2, 0.25) is 0 Å². The van der Waals surface area contributed by atoms with E-state index in [0.29, 0.717) is 33.9 Å². The van der Waals surface area contributed by atoms with Gasteiger partial charge in [-0.25, -0.2) is 4.98 Å². The number of carbonyl (C=O) groups is 1. The van der Waals surface area contributed by atoms with E-state index in [4.69, 9.17) is 4.42 Å². The second kappa shape index (κ2) is 7.70. The van der Waals surface area contributed by atoms with Crippen LogP contribution in [-0.4, -0.2) is 22.2 Å². The molecule has 4 aromatic rings. The van der Waals surface area contributed by atoms with E-state index in [1.165, 1.54) is 24.5 Å². The molecule has 0 saturated carbocycles. The highest BCUT2D eigenvalue weighted by Gasteiger charge is 2.43. The first-order chi connectivity index (χ1) is 15.8. The molecule has 0 atom stereocenters. The predicted molar refractivity (Wildman–Crippen MR) is 115 cm³/mol. The van der Waals surface area contributed by atoms with Crippen molar-refractivity contribution in [2.24, 2.45) is 0 Å². The molecule has 1 N–H and O–H groups in total. The number of nitrogens with one attached hydrogen (secondary N) is 1. The lowest BCUT2D eigenvalue weighted by molar-refractivity contribution is -0.286. The van der Waals surface area contributed by atoms with Crippen molar-refractivity contribution in [3.63, 3.8) is 0 Å². The normalized spacial score (nSPS) is 13.7. The first-order valence-corrected chi connectivity index (χ1v) is 9.99. The molecule has 0 fully saturated rings. The number of alkyl halides is 2. The molecule has 1 aliphatic heterocycles. The number of hydrogen-bond donors (Lipinski definition) is 1. The van der Waals surface area contributed by atoms with Gasteiger partial charge in [0, 0.05) is 11.1 Å². The zero-order valence-corrected chi connectivity index (χ0v) is 17.6. The fraction of sp³-hybridized carbons (Fsp3) is 0.125. The average Bonchev–Trinajstić information content (AvgIpc) is 3.32. The predicted octanol–water partition coefficient (Wildman–Crippen LogP) is 5.59. The summed E-state index contributed by atoms with van der Waals surface area (Å²) in [5.41, 5.74) is 2.88. The lowest BCUT2D eigenvalue weighted by atomic mass is 10.1. The number of amides is 1. The number of aryl methyl sites for hydroxylation is 2. The van der Waals surface area contributed by atoms with Gasteiger partial charge in [0.1, 0.15) is 11.5 Å². The standard InChI is InChI=1S/C24H17F2N3O4/c1-13-8-20-21(33-24(25,26)32-20)9-16(13)18-11-28-22(12-27-18)29-23(30)17-10-19(31-14(17)2)15-6-4-3-5-7-15/h3-12H,1-2H3,(H,28,29,30). The number of fused-ring (bicyclic) bond motifs is 1. The minimum atomic E-state index is -3.70. The molecule has 0 radical (unpaired) electrons. The molecule has 0 unspecified atom stereocenters. The van der Waals surface area contributed by atoms with E-state index in [2.05, 4.69) is 24.8 Å². The average molecular weight is 449 g/mol. The molecule has 3 heterocycles. The highest BCUT2D eigenvalue weighted by molar-refractivity contribution is 6.05. The fourth-order valence-corrected chi connectivity index (χ4v) is 3.54. The Morgan fingerprint density at radius 3 is 2.39 bits per heavy atom. The number of ether oxygens (including phenoxy) is 2. The van der Waals surface area contributed by atoms with E-state index in [1.54, 1.807) is 19.9 Å². The Kier molecular flexibility index (Phi) is 4.81. The Labute approximate surface area is 187 Å². The first kappa shape index (κ1) is 20.6. The van der Waals surface area contributed by atoms with E-state index < -0.39 is 6.29 Å². The molecule has 0 saturated heterocycles. The van der Waals surface area contributed by atoms with Crippen LogP contribution in [0, 0.1) is 13.8 Å². The largest absolute Gasteiger partial charge is 0.586 e. The summed E-state index contributed by atoms with van der Waals surface area (Å²) in [5, 5.41) is 2.69. The maximum Gasteiger partial charge on any atom is 0.586 e. The molecule has 2 aromatic heterocycles. The smallest absolute Gasteiger partial charge is 0.461 e. The number of rotatable bonds is 4. The molecule has 0 aliphatic carbocycles. The van der Waals surface area contributed by atoms with Gasteiger partial charge in [-0.05, 0) is 37.6 Å². The van der Waals surface area contributed by atoms with Crippen molar-refractivity contribution in [2.45, 2.75) is 20.1 Å². The molecule has 0 spiro atoms. The van der Waals surface area contributed by atoms with Gasteiger partial charge in [-0.3, -0.25) is 9.78 Å². The molecular formula is C24H17F2N3O4. The van der Waals surface area contributed by atoms with E-state index in [1.807, 2.05) is 30.3 Å². The summed E-state index contributed by atoms with van der Waals surface area (Å²) >= 11 is 0. The van der Waals surface area contributed by atoms with Gasteiger partial charge in [-0.2, -0.15) is 0 Å². The maximum atomic E-state index is 13.3. The number of benzene rings is 2. The molecule has 33 heavy (non-hydrogen) atoms. The lowest BCUT2D eigenvalue weighted by Gasteiger charge is -2.08. The zero-order valence-electron chi connectivity index (χ0n) is 17.6. The van der Waals surface area contributed by atoms with Crippen LogP contribution in [-0.2, 0) is 0 Å². The number of nitrogens with zero attached hydrogens (tertiary/aromatic N) is 2. The summed E-state index contributed by atoms with van der Waals surface area (Å²) in [5.74, 6) is 0.789. The number of halogens is 2. The van der Waals surface area contributed by atoms with E-state index in [9.17, 15) is 13.6 Å². The van der Waals surface area contributed by atoms with Crippen molar-refractivity contribution < 1.29 is 27.5 Å². The third-order valence-electron chi connectivity index (χ3n) is 5.14. The summed E-state index contributed by atoms with van der Waals surface area (Å²) in [4.78, 5) is 21.3. The van der Waals surface area contributed by atoms with Crippen molar-refractivity contribution >= 4 is 11.7 Å². The Morgan fingerprint density at radius 2 is 1.70 bits per heavy atom. The Morgan fingerprint density at radius 1 is 0.970 bits per heavy atom. The van der Waals surface area contributed by atoms with Crippen LogP contribution in [0.1, 0.15) is 21.7 Å². The zero-order chi connectivity index (χ0) is 23.2. The van der Waals surface area contributed by atoms with Crippen LogP contribution < -0.4 is 14.8 Å². The van der Waals surface area contributed by atoms with Crippen molar-refractivity contribution in [1.29, 1.82) is 0 Å². The lowest BCUT2D eigenvalue weighted by Crippen LogP contribution is -2.25. The van der Waals surface area contributed by atoms with Crippen LogP contribution in [0.3, 0.4) is 0 Å². The van der Waals surface area contributed by atoms with E-state index in [0.717, 1.165) is 5.56 Å². The van der Waals surface area contributed by atoms with Gasteiger partial charge in [0.05, 0.1) is 23.7 Å². The van der Waals surface area contributed by atoms with Crippen LogP contribution in [0.15, 0.2) is 65.3 Å². The van der Waals surface area contributed by atoms with Crippen molar-refractivity contribution in [1.82, 2.24) is 9.97 Å². The van der Waals surface area contributed by atoms with Crippen LogP contribution >= 0.6 is 0 Å². The van der Waals surface area contributed by atoms with Crippen LogP contribution in [0.5, 0.6) is 11.5 Å². The molecule has 1 amide bonds. The molecule has 1 aliphatic rings. The third-order valence-corrected chi connectivity index (χ3v) is 5.14. The van der Waals surface area contributed by atoms with Gasteiger partial charge < -0.3 is 19.2 Å². The highest BCUT2D eigenvalue weighted by atomic mass is 19.3. The molecule has 5 rings (SSSR count). The van der Waals surface area contributed by atoms with E-state index in [-0.39, 0.29) is 23.2 Å². The van der Waals surface area contributed by atoms with Crippen molar-refractivity contribution in [3.8, 4) is 34.1 Å². The topological polar surface area (TPSA) is 86.5 Å². The summed E-state index contributed by atoms with van der Waals surface area (Å²) in [6.07, 6.45) is -0.867. The number of aromatic nitrogens is 2. The summed E-state index contributed by atoms with van der Waals surface area (Å²) < 4.78 is 41.4. The Hall–Kier alpha value is -4.27. The highest BCUT2D eigenvalue weighted by Crippen LogP contribution is 2.44. The van der Waals surface area contributed by atoms with Crippen molar-refractivity contribution in [2.75, 3.05) is 5.32 Å². The number of carbonyl (C=O) groups excluding carboxylic acids is 1. The summed E-state index contributed by atoms with van der Waals surface area (Å²) in [6.45, 7) is 3.45. The van der Waals surface area contributed by atoms with Crippen molar-refractivity contribution in [3.05, 3.63) is 77.8 Å². The minimum Gasteiger partial charge on any atom is -0.461 e. The van der Waals surface area contributed by atoms with Crippen LogP contribution in [0.25, 0.3) is 22.6 Å². The SMILES string of the molecule is Cc1cc2c(cc1-c1cnc(NC(=O)c3cc(-c4ccccc4)oc3C)cn1)OC(F)(F)O2. The summed E-state index contributed by atoms with van der Waals surface area (Å²) in [7, 11) is 0. The van der Waals surface area contributed by atoms with Gasteiger partial charge in [-0.1, -0.05) is 30.3 Å². The van der Waals surface area contributed by atoms with E-state index >= 15 is 0 Å². The molecule has 7 nitrogen and oxygen atoms in total. The monoisotopic (exact) mass is 449 g/mol. The summed E-state index contributed by atoms with van der Waals surface area (Å²) in [6, 6.07) is 14.0. The molecule has 0 bridgehead atoms. The number of hydrogen-bond acceptors (Lipinski definition) is 6. The second-order valence-electron chi connectivity index (χ2n) is 7.47. The number of furan rings is 1. The maximum absolute atomic E-state index is 13.3. The fourth-order valence-electron chi connectivity index (χ4n) is 3.54. The van der Waals surface area contributed by atoms with Gasteiger partial charge in [0.15, 0.2) is 17.3 Å². The quantitative estimate of drug-likeness (QED) is 0.437. The van der Waals surface area contributed by atoms with Gasteiger partial charge >= 0.3 is 6.29 Å². The Balaban J connectivity index is 1.34. The van der Waals surface area contributed by atoms with Gasteiger partial charge in [0.25, 0.3) is 5.91 Å².